The summed E-state index contributed by atoms with van der Waals surface area (Å²) in [6.07, 6.45) is 3.21. The number of carbonyl (C=O) groups is 1. The summed E-state index contributed by atoms with van der Waals surface area (Å²) in [6, 6.07) is 11.7. The maximum absolute atomic E-state index is 11.6. The molecule has 1 atom stereocenters. The van der Waals surface area contributed by atoms with Gasteiger partial charge in [0.15, 0.2) is 0 Å². The van der Waals surface area contributed by atoms with E-state index in [9.17, 15) is 9.90 Å². The maximum Gasteiger partial charge on any atom is 0.244 e. The molecule has 1 amide bonds. The van der Waals surface area contributed by atoms with E-state index in [1.807, 2.05) is 47.2 Å². The van der Waals surface area contributed by atoms with E-state index in [1.165, 1.54) is 6.08 Å². The molecule has 4 heteroatoms. The molecule has 1 unspecified atom stereocenters. The SMILES string of the molecule is O=C(/C=C/c1ccsc1)NCC(O)Cc1ccccc1. The largest absolute Gasteiger partial charge is 0.391 e. The number of benzene rings is 1. The number of amides is 1. The Morgan fingerprint density at radius 1 is 1.30 bits per heavy atom. The molecule has 1 aromatic heterocycles. The van der Waals surface area contributed by atoms with Crippen LogP contribution < -0.4 is 5.32 Å². The van der Waals surface area contributed by atoms with Gasteiger partial charge in [-0.05, 0) is 34.0 Å². The summed E-state index contributed by atoms with van der Waals surface area (Å²) in [4.78, 5) is 11.6. The zero-order valence-electron chi connectivity index (χ0n) is 11.0. The van der Waals surface area contributed by atoms with Crippen LogP contribution >= 0.6 is 11.3 Å². The van der Waals surface area contributed by atoms with E-state index in [0.717, 1.165) is 11.1 Å². The van der Waals surface area contributed by atoms with Gasteiger partial charge in [-0.15, -0.1) is 0 Å². The van der Waals surface area contributed by atoms with Crippen LogP contribution in [0.4, 0.5) is 0 Å². The molecule has 1 aromatic carbocycles. The van der Waals surface area contributed by atoms with Gasteiger partial charge in [-0.1, -0.05) is 30.3 Å². The number of aliphatic hydroxyl groups is 1. The smallest absolute Gasteiger partial charge is 0.244 e. The van der Waals surface area contributed by atoms with E-state index >= 15 is 0 Å². The van der Waals surface area contributed by atoms with Crippen molar-refractivity contribution in [2.24, 2.45) is 0 Å². The highest BCUT2D eigenvalue weighted by Gasteiger charge is 2.06. The van der Waals surface area contributed by atoms with Gasteiger partial charge in [0.25, 0.3) is 0 Å². The van der Waals surface area contributed by atoms with Crippen molar-refractivity contribution in [3.8, 4) is 0 Å². The van der Waals surface area contributed by atoms with Crippen molar-refractivity contribution < 1.29 is 9.90 Å². The fourth-order valence-electron chi connectivity index (χ4n) is 1.78. The number of nitrogens with one attached hydrogen (secondary N) is 1. The average molecular weight is 287 g/mol. The Balaban J connectivity index is 1.73. The van der Waals surface area contributed by atoms with Gasteiger partial charge in [0.05, 0.1) is 6.10 Å². The lowest BCUT2D eigenvalue weighted by Gasteiger charge is -2.10. The van der Waals surface area contributed by atoms with Gasteiger partial charge in [-0.25, -0.2) is 0 Å². The molecule has 104 valence electrons. The van der Waals surface area contributed by atoms with E-state index in [-0.39, 0.29) is 12.5 Å². The lowest BCUT2D eigenvalue weighted by molar-refractivity contribution is -0.116. The Hall–Kier alpha value is -1.91. The van der Waals surface area contributed by atoms with Crippen LogP contribution in [0.15, 0.2) is 53.2 Å². The van der Waals surface area contributed by atoms with Crippen LogP contribution in [-0.4, -0.2) is 23.7 Å². The molecule has 2 rings (SSSR count). The molecule has 0 saturated carbocycles. The molecular formula is C16H17NO2S. The Morgan fingerprint density at radius 3 is 2.80 bits per heavy atom. The first-order chi connectivity index (χ1) is 9.74. The molecule has 2 aromatic rings. The lowest BCUT2D eigenvalue weighted by Crippen LogP contribution is -2.32. The molecule has 20 heavy (non-hydrogen) atoms. The normalized spacial score (nSPS) is 12.4. The first-order valence-corrected chi connectivity index (χ1v) is 7.38. The second-order valence-electron chi connectivity index (χ2n) is 4.48. The van der Waals surface area contributed by atoms with Crippen LogP contribution in [0.2, 0.25) is 0 Å². The topological polar surface area (TPSA) is 49.3 Å². The maximum atomic E-state index is 11.6. The zero-order valence-corrected chi connectivity index (χ0v) is 11.8. The third kappa shape index (κ3) is 4.99. The van der Waals surface area contributed by atoms with Crippen molar-refractivity contribution in [2.45, 2.75) is 12.5 Å². The van der Waals surface area contributed by atoms with Crippen molar-refractivity contribution in [1.29, 1.82) is 0 Å². The summed E-state index contributed by atoms with van der Waals surface area (Å²) in [5.41, 5.74) is 2.07. The van der Waals surface area contributed by atoms with E-state index in [2.05, 4.69) is 5.32 Å². The number of aliphatic hydroxyl groups excluding tert-OH is 1. The highest BCUT2D eigenvalue weighted by molar-refractivity contribution is 7.08. The quantitative estimate of drug-likeness (QED) is 0.802. The van der Waals surface area contributed by atoms with Crippen LogP contribution in [-0.2, 0) is 11.2 Å². The van der Waals surface area contributed by atoms with E-state index in [1.54, 1.807) is 17.4 Å². The van der Waals surface area contributed by atoms with Gasteiger partial charge in [-0.2, -0.15) is 11.3 Å². The molecule has 0 fully saturated rings. The number of rotatable bonds is 6. The van der Waals surface area contributed by atoms with E-state index in [0.29, 0.717) is 6.42 Å². The minimum Gasteiger partial charge on any atom is -0.391 e. The van der Waals surface area contributed by atoms with Gasteiger partial charge < -0.3 is 10.4 Å². The standard InChI is InChI=1S/C16H17NO2S/c18-15(10-13-4-2-1-3-5-13)11-17-16(19)7-6-14-8-9-20-12-14/h1-9,12,15,18H,10-11H2,(H,17,19)/b7-6+. The van der Waals surface area contributed by atoms with Crippen LogP contribution in [0.1, 0.15) is 11.1 Å². The molecule has 0 saturated heterocycles. The summed E-state index contributed by atoms with van der Waals surface area (Å²) < 4.78 is 0. The van der Waals surface area contributed by atoms with E-state index in [4.69, 9.17) is 0 Å². The number of carbonyl (C=O) groups excluding carboxylic acids is 1. The highest BCUT2D eigenvalue weighted by Crippen LogP contribution is 2.07. The van der Waals surface area contributed by atoms with Crippen LogP contribution in [0.3, 0.4) is 0 Å². The van der Waals surface area contributed by atoms with E-state index < -0.39 is 6.10 Å². The first kappa shape index (κ1) is 14.5. The summed E-state index contributed by atoms with van der Waals surface area (Å²) in [6.45, 7) is 0.252. The van der Waals surface area contributed by atoms with Crippen LogP contribution in [0.5, 0.6) is 0 Å². The van der Waals surface area contributed by atoms with Crippen molar-refractivity contribution in [3.05, 3.63) is 64.4 Å². The molecule has 2 N–H and O–H groups in total. The lowest BCUT2D eigenvalue weighted by atomic mass is 10.1. The molecule has 1 heterocycles. The molecule has 0 spiro atoms. The third-order valence-electron chi connectivity index (χ3n) is 2.80. The van der Waals surface area contributed by atoms with Crippen molar-refractivity contribution in [3.63, 3.8) is 0 Å². The Morgan fingerprint density at radius 2 is 2.10 bits per heavy atom. The summed E-state index contributed by atoms with van der Waals surface area (Å²) in [7, 11) is 0. The van der Waals surface area contributed by atoms with Gasteiger partial charge in [0.1, 0.15) is 0 Å². The molecule has 0 aliphatic heterocycles. The van der Waals surface area contributed by atoms with Gasteiger partial charge in [0, 0.05) is 19.0 Å². The zero-order chi connectivity index (χ0) is 14.2. The molecule has 0 aliphatic rings. The molecule has 3 nitrogen and oxygen atoms in total. The second kappa shape index (κ2) is 7.62. The minimum atomic E-state index is -0.573. The van der Waals surface area contributed by atoms with Gasteiger partial charge in [-0.3, -0.25) is 4.79 Å². The molecule has 0 radical (unpaired) electrons. The molecule has 0 aliphatic carbocycles. The van der Waals surface area contributed by atoms with Crippen LogP contribution in [0, 0.1) is 0 Å². The number of hydrogen-bond acceptors (Lipinski definition) is 3. The summed E-state index contributed by atoms with van der Waals surface area (Å²) >= 11 is 1.59. The summed E-state index contributed by atoms with van der Waals surface area (Å²) in [5, 5.41) is 16.5. The van der Waals surface area contributed by atoms with Crippen LogP contribution in [0.25, 0.3) is 6.08 Å². The predicted molar refractivity (Wildman–Crippen MR) is 82.5 cm³/mol. The Labute approximate surface area is 122 Å². The minimum absolute atomic E-state index is 0.191. The first-order valence-electron chi connectivity index (χ1n) is 6.44. The predicted octanol–water partition coefficient (Wildman–Crippen LogP) is 2.48. The van der Waals surface area contributed by atoms with Crippen molar-refractivity contribution in [1.82, 2.24) is 5.32 Å². The fourth-order valence-corrected chi connectivity index (χ4v) is 2.41. The van der Waals surface area contributed by atoms with Gasteiger partial charge >= 0.3 is 0 Å². The van der Waals surface area contributed by atoms with Crippen molar-refractivity contribution >= 4 is 23.3 Å². The van der Waals surface area contributed by atoms with Crippen molar-refractivity contribution in [2.75, 3.05) is 6.54 Å². The summed E-state index contributed by atoms with van der Waals surface area (Å²) in [5.74, 6) is -0.191. The third-order valence-corrected chi connectivity index (χ3v) is 3.50. The number of thiophene rings is 1. The molecule has 0 bridgehead atoms. The molecular weight excluding hydrogens is 270 g/mol. The number of hydrogen-bond donors (Lipinski definition) is 2. The fraction of sp³-hybridized carbons (Fsp3) is 0.188. The highest BCUT2D eigenvalue weighted by atomic mass is 32.1. The second-order valence-corrected chi connectivity index (χ2v) is 5.26. The Bertz CT molecular complexity index is 549. The van der Waals surface area contributed by atoms with Gasteiger partial charge in [0.2, 0.25) is 5.91 Å². The Kier molecular flexibility index (Phi) is 5.53. The average Bonchev–Trinajstić information content (AvgIpc) is 2.97. The monoisotopic (exact) mass is 287 g/mol.